The van der Waals surface area contributed by atoms with E-state index >= 15 is 0 Å². The van der Waals surface area contributed by atoms with Crippen molar-refractivity contribution in [2.24, 2.45) is 10.8 Å². The second kappa shape index (κ2) is 9.20. The zero-order chi connectivity index (χ0) is 19.1. The molecule has 0 bridgehead atoms. The minimum atomic E-state index is -0.583. The first-order chi connectivity index (χ1) is 11.5. The van der Waals surface area contributed by atoms with Crippen molar-refractivity contribution < 1.29 is 23.7 Å². The van der Waals surface area contributed by atoms with Crippen LogP contribution in [0.2, 0.25) is 0 Å². The summed E-state index contributed by atoms with van der Waals surface area (Å²) in [6, 6.07) is 6.78. The SMILES string of the molecule is COc1ccc(C(=O)OCC(OCC(C)(C)C)OCC(C)(C)C)cc1. The van der Waals surface area contributed by atoms with Gasteiger partial charge in [-0.25, -0.2) is 4.79 Å². The molecule has 1 aromatic carbocycles. The van der Waals surface area contributed by atoms with Crippen molar-refractivity contribution in [3.63, 3.8) is 0 Å². The molecule has 142 valence electrons. The number of carbonyl (C=O) groups is 1. The largest absolute Gasteiger partial charge is 0.497 e. The number of carbonyl (C=O) groups excluding carboxylic acids is 1. The summed E-state index contributed by atoms with van der Waals surface area (Å²) in [5.74, 6) is 0.280. The van der Waals surface area contributed by atoms with Gasteiger partial charge in [-0.05, 0) is 35.1 Å². The maximum absolute atomic E-state index is 12.2. The summed E-state index contributed by atoms with van der Waals surface area (Å²) in [4.78, 5) is 12.2. The summed E-state index contributed by atoms with van der Waals surface area (Å²) in [7, 11) is 1.58. The van der Waals surface area contributed by atoms with Crippen molar-refractivity contribution in [2.75, 3.05) is 26.9 Å². The van der Waals surface area contributed by atoms with Gasteiger partial charge in [-0.1, -0.05) is 41.5 Å². The first-order valence-corrected chi connectivity index (χ1v) is 8.54. The van der Waals surface area contributed by atoms with Gasteiger partial charge in [0.05, 0.1) is 25.9 Å². The molecular formula is C20H32O5. The Kier molecular flexibility index (Phi) is 7.90. The monoisotopic (exact) mass is 352 g/mol. The van der Waals surface area contributed by atoms with E-state index in [9.17, 15) is 4.79 Å². The summed E-state index contributed by atoms with van der Waals surface area (Å²) in [6.45, 7) is 13.6. The van der Waals surface area contributed by atoms with Gasteiger partial charge < -0.3 is 18.9 Å². The molecule has 1 rings (SSSR count). The van der Waals surface area contributed by atoms with Crippen LogP contribution in [0.5, 0.6) is 5.75 Å². The number of rotatable bonds is 8. The number of esters is 1. The number of ether oxygens (including phenoxy) is 4. The van der Waals surface area contributed by atoms with Crippen LogP contribution in [0.25, 0.3) is 0 Å². The standard InChI is InChI=1S/C20H32O5/c1-19(2,3)13-24-17(25-14-20(4,5)6)12-23-18(21)15-8-10-16(22-7)11-9-15/h8-11,17H,12-14H2,1-7H3. The van der Waals surface area contributed by atoms with E-state index in [1.807, 2.05) is 0 Å². The molecule has 0 aromatic heterocycles. The van der Waals surface area contributed by atoms with E-state index in [1.54, 1.807) is 31.4 Å². The molecule has 0 heterocycles. The molecule has 0 spiro atoms. The van der Waals surface area contributed by atoms with Crippen molar-refractivity contribution >= 4 is 5.97 Å². The molecule has 0 unspecified atom stereocenters. The molecule has 5 heteroatoms. The van der Waals surface area contributed by atoms with Crippen LogP contribution in [-0.4, -0.2) is 39.2 Å². The van der Waals surface area contributed by atoms with Crippen LogP contribution < -0.4 is 4.74 Å². The minimum Gasteiger partial charge on any atom is -0.497 e. The van der Waals surface area contributed by atoms with Gasteiger partial charge in [-0.2, -0.15) is 0 Å². The fraction of sp³-hybridized carbons (Fsp3) is 0.650. The number of methoxy groups -OCH3 is 1. The second-order valence-electron chi connectivity index (χ2n) is 8.50. The van der Waals surface area contributed by atoms with E-state index in [4.69, 9.17) is 18.9 Å². The molecule has 0 aliphatic carbocycles. The lowest BCUT2D eigenvalue weighted by Crippen LogP contribution is -2.32. The van der Waals surface area contributed by atoms with E-state index < -0.39 is 12.3 Å². The maximum atomic E-state index is 12.2. The molecule has 0 atom stereocenters. The number of hydrogen-bond donors (Lipinski definition) is 0. The van der Waals surface area contributed by atoms with Crippen LogP contribution in [0.1, 0.15) is 51.9 Å². The average molecular weight is 352 g/mol. The third-order valence-corrected chi connectivity index (χ3v) is 3.08. The Morgan fingerprint density at radius 3 is 1.80 bits per heavy atom. The fourth-order valence-corrected chi connectivity index (χ4v) is 1.78. The summed E-state index contributed by atoms with van der Waals surface area (Å²) >= 11 is 0. The zero-order valence-electron chi connectivity index (χ0n) is 16.5. The van der Waals surface area contributed by atoms with E-state index in [2.05, 4.69) is 41.5 Å². The van der Waals surface area contributed by atoms with Crippen LogP contribution in [-0.2, 0) is 14.2 Å². The summed E-state index contributed by atoms with van der Waals surface area (Å²) in [5.41, 5.74) is 0.471. The summed E-state index contributed by atoms with van der Waals surface area (Å²) in [5, 5.41) is 0. The Morgan fingerprint density at radius 2 is 1.40 bits per heavy atom. The summed E-state index contributed by atoms with van der Waals surface area (Å²) in [6.07, 6.45) is -0.583. The highest BCUT2D eigenvalue weighted by atomic mass is 16.7. The van der Waals surface area contributed by atoms with Gasteiger partial charge in [0.25, 0.3) is 0 Å². The minimum absolute atomic E-state index is 0.00331. The predicted octanol–water partition coefficient (Wildman–Crippen LogP) is 4.30. The average Bonchev–Trinajstić information content (AvgIpc) is 2.52. The lowest BCUT2D eigenvalue weighted by Gasteiger charge is -2.27. The molecule has 0 saturated carbocycles. The summed E-state index contributed by atoms with van der Waals surface area (Å²) < 4.78 is 22.1. The third-order valence-electron chi connectivity index (χ3n) is 3.08. The quantitative estimate of drug-likeness (QED) is 0.516. The molecule has 0 amide bonds. The molecule has 5 nitrogen and oxygen atoms in total. The Labute approximate surface area is 151 Å². The maximum Gasteiger partial charge on any atom is 0.338 e. The van der Waals surface area contributed by atoms with E-state index in [1.165, 1.54) is 0 Å². The molecule has 25 heavy (non-hydrogen) atoms. The lowest BCUT2D eigenvalue weighted by molar-refractivity contribution is -0.186. The third kappa shape index (κ3) is 9.46. The molecular weight excluding hydrogens is 320 g/mol. The van der Waals surface area contributed by atoms with Gasteiger partial charge >= 0.3 is 5.97 Å². The van der Waals surface area contributed by atoms with Crippen molar-refractivity contribution in [3.8, 4) is 5.75 Å². The molecule has 0 N–H and O–H groups in total. The van der Waals surface area contributed by atoms with Gasteiger partial charge in [0.2, 0.25) is 0 Å². The fourth-order valence-electron chi connectivity index (χ4n) is 1.78. The number of hydrogen-bond acceptors (Lipinski definition) is 5. The molecule has 0 radical (unpaired) electrons. The highest BCUT2D eigenvalue weighted by Crippen LogP contribution is 2.18. The smallest absolute Gasteiger partial charge is 0.338 e. The van der Waals surface area contributed by atoms with Gasteiger partial charge in [-0.15, -0.1) is 0 Å². The van der Waals surface area contributed by atoms with Gasteiger partial charge in [0.1, 0.15) is 12.4 Å². The van der Waals surface area contributed by atoms with Crippen molar-refractivity contribution in [3.05, 3.63) is 29.8 Å². The van der Waals surface area contributed by atoms with E-state index in [0.717, 1.165) is 0 Å². The van der Waals surface area contributed by atoms with Crippen LogP contribution >= 0.6 is 0 Å². The zero-order valence-corrected chi connectivity index (χ0v) is 16.5. The molecule has 0 fully saturated rings. The molecule has 0 aliphatic rings. The molecule has 1 aromatic rings. The number of benzene rings is 1. The van der Waals surface area contributed by atoms with Crippen molar-refractivity contribution in [1.82, 2.24) is 0 Å². The highest BCUT2D eigenvalue weighted by Gasteiger charge is 2.21. The molecule has 0 aliphatic heterocycles. The van der Waals surface area contributed by atoms with Gasteiger partial charge in [0, 0.05) is 0 Å². The normalized spacial score (nSPS) is 12.3. The van der Waals surface area contributed by atoms with Crippen molar-refractivity contribution in [2.45, 2.75) is 47.8 Å². The van der Waals surface area contributed by atoms with Crippen LogP contribution in [0.4, 0.5) is 0 Å². The lowest BCUT2D eigenvalue weighted by atomic mass is 9.98. The first kappa shape index (κ1) is 21.5. The topological polar surface area (TPSA) is 54.0 Å². The Morgan fingerprint density at radius 1 is 0.920 bits per heavy atom. The Bertz CT molecular complexity index is 505. The van der Waals surface area contributed by atoms with Crippen LogP contribution in [0.15, 0.2) is 24.3 Å². The van der Waals surface area contributed by atoms with Crippen LogP contribution in [0, 0.1) is 10.8 Å². The van der Waals surface area contributed by atoms with Crippen LogP contribution in [0.3, 0.4) is 0 Å². The highest BCUT2D eigenvalue weighted by molar-refractivity contribution is 5.89. The first-order valence-electron chi connectivity index (χ1n) is 8.54. The van der Waals surface area contributed by atoms with Crippen molar-refractivity contribution in [1.29, 1.82) is 0 Å². The van der Waals surface area contributed by atoms with E-state index in [-0.39, 0.29) is 17.4 Å². The predicted molar refractivity (Wildman–Crippen MR) is 97.9 cm³/mol. The molecule has 0 saturated heterocycles. The van der Waals surface area contributed by atoms with Gasteiger partial charge in [0.15, 0.2) is 6.29 Å². The van der Waals surface area contributed by atoms with E-state index in [0.29, 0.717) is 24.5 Å². The Balaban J connectivity index is 2.60. The van der Waals surface area contributed by atoms with Gasteiger partial charge in [-0.3, -0.25) is 0 Å². The Hall–Kier alpha value is -1.59. The second-order valence-corrected chi connectivity index (χ2v) is 8.50.